The summed E-state index contributed by atoms with van der Waals surface area (Å²) in [6, 6.07) is 15.0. The molecule has 2 amide bonds. The summed E-state index contributed by atoms with van der Waals surface area (Å²) < 4.78 is 5.61. The molecule has 28 heavy (non-hydrogen) atoms. The van der Waals surface area contributed by atoms with Gasteiger partial charge in [-0.25, -0.2) is 4.79 Å². The first-order valence-corrected chi connectivity index (χ1v) is 10.3. The number of amides is 2. The molecule has 2 aromatic rings. The Kier molecular flexibility index (Phi) is 5.40. The second-order valence-corrected chi connectivity index (χ2v) is 8.35. The molecule has 148 valence electrons. The van der Waals surface area contributed by atoms with E-state index in [4.69, 9.17) is 4.74 Å². The molecule has 1 aliphatic carbocycles. The van der Waals surface area contributed by atoms with Gasteiger partial charge in [0.15, 0.2) is 0 Å². The van der Waals surface area contributed by atoms with Gasteiger partial charge in [-0.3, -0.25) is 0 Å². The highest BCUT2D eigenvalue weighted by Gasteiger charge is 2.47. The summed E-state index contributed by atoms with van der Waals surface area (Å²) in [5.41, 5.74) is 6.59. The van der Waals surface area contributed by atoms with Crippen molar-refractivity contribution in [1.29, 1.82) is 0 Å². The predicted molar refractivity (Wildman–Crippen MR) is 112 cm³/mol. The van der Waals surface area contributed by atoms with Crippen molar-refractivity contribution in [2.45, 2.75) is 45.6 Å². The molecule has 4 heteroatoms. The Morgan fingerprint density at radius 1 is 1.11 bits per heavy atom. The number of hydrogen-bond donors (Lipinski definition) is 2. The largest absolute Gasteiger partial charge is 0.381 e. The van der Waals surface area contributed by atoms with Crippen molar-refractivity contribution in [3.05, 3.63) is 70.3 Å². The second kappa shape index (κ2) is 7.96. The van der Waals surface area contributed by atoms with Gasteiger partial charge in [0.25, 0.3) is 0 Å². The molecule has 4 rings (SSSR count). The average molecular weight is 379 g/mol. The Bertz CT molecular complexity index is 855. The quantitative estimate of drug-likeness (QED) is 0.836. The molecule has 1 heterocycles. The molecule has 2 aliphatic rings. The van der Waals surface area contributed by atoms with Crippen LogP contribution in [0.1, 0.15) is 46.7 Å². The van der Waals surface area contributed by atoms with Gasteiger partial charge in [-0.1, -0.05) is 42.5 Å². The number of nitrogens with one attached hydrogen (secondary N) is 2. The Hall–Kier alpha value is -2.33. The highest BCUT2D eigenvalue weighted by atomic mass is 16.5. The second-order valence-electron chi connectivity index (χ2n) is 8.35. The lowest BCUT2D eigenvalue weighted by Gasteiger charge is -2.39. The number of urea groups is 1. The van der Waals surface area contributed by atoms with Crippen LogP contribution in [-0.2, 0) is 17.6 Å². The molecule has 4 nitrogen and oxygen atoms in total. The van der Waals surface area contributed by atoms with Gasteiger partial charge >= 0.3 is 6.03 Å². The first-order chi connectivity index (χ1) is 13.6. The molecule has 2 aromatic carbocycles. The summed E-state index contributed by atoms with van der Waals surface area (Å²) in [6.45, 7) is 6.44. The minimum Gasteiger partial charge on any atom is -0.381 e. The zero-order chi connectivity index (χ0) is 19.6. The maximum absolute atomic E-state index is 12.7. The van der Waals surface area contributed by atoms with Crippen molar-refractivity contribution in [2.24, 2.45) is 5.41 Å². The lowest BCUT2D eigenvalue weighted by atomic mass is 9.74. The fourth-order valence-electron chi connectivity index (χ4n) is 4.72. The van der Waals surface area contributed by atoms with Gasteiger partial charge in [-0.05, 0) is 67.3 Å². The zero-order valence-electron chi connectivity index (χ0n) is 16.9. The molecule has 1 unspecified atom stereocenters. The van der Waals surface area contributed by atoms with Gasteiger partial charge in [0, 0.05) is 25.2 Å². The molecular formula is C24H30N2O2. The molecule has 0 aromatic heterocycles. The molecule has 1 saturated heterocycles. The third-order valence-electron chi connectivity index (χ3n) is 6.56. The molecular weight excluding hydrogens is 348 g/mol. The van der Waals surface area contributed by atoms with E-state index in [0.29, 0.717) is 6.54 Å². The van der Waals surface area contributed by atoms with Crippen LogP contribution in [0.3, 0.4) is 0 Å². The smallest absolute Gasteiger partial charge is 0.315 e. The monoisotopic (exact) mass is 378 g/mol. The summed E-state index contributed by atoms with van der Waals surface area (Å²) in [5, 5.41) is 6.36. The molecule has 1 spiro atoms. The Labute approximate surface area is 167 Å². The first kappa shape index (κ1) is 19.0. The topological polar surface area (TPSA) is 50.4 Å². The van der Waals surface area contributed by atoms with E-state index in [1.54, 1.807) is 0 Å². The van der Waals surface area contributed by atoms with Crippen LogP contribution >= 0.6 is 0 Å². The fourth-order valence-corrected chi connectivity index (χ4v) is 4.72. The number of benzene rings is 2. The molecule has 0 radical (unpaired) electrons. The van der Waals surface area contributed by atoms with Crippen molar-refractivity contribution < 1.29 is 9.53 Å². The van der Waals surface area contributed by atoms with E-state index in [0.717, 1.165) is 38.9 Å². The van der Waals surface area contributed by atoms with E-state index in [9.17, 15) is 4.79 Å². The standard InChI is InChI=1S/C24H30N2O2/c1-17-7-8-19(15-18(17)2)9-12-25-23(27)26-22-21-6-4-3-5-20(21)16-24(22)10-13-28-14-11-24/h3-8,15,22H,9-14,16H2,1-2H3,(H2,25,26,27). The van der Waals surface area contributed by atoms with Crippen LogP contribution in [0.15, 0.2) is 42.5 Å². The van der Waals surface area contributed by atoms with Gasteiger partial charge < -0.3 is 15.4 Å². The number of carbonyl (C=O) groups excluding carboxylic acids is 1. The third kappa shape index (κ3) is 3.79. The van der Waals surface area contributed by atoms with Crippen molar-refractivity contribution in [2.75, 3.05) is 19.8 Å². The van der Waals surface area contributed by atoms with Crippen LogP contribution in [0.25, 0.3) is 0 Å². The molecule has 1 aliphatic heterocycles. The lowest BCUT2D eigenvalue weighted by molar-refractivity contribution is 0.00215. The Balaban J connectivity index is 1.40. The van der Waals surface area contributed by atoms with Crippen molar-refractivity contribution in [1.82, 2.24) is 10.6 Å². The minimum atomic E-state index is -0.0728. The van der Waals surface area contributed by atoms with Gasteiger partial charge in [0.05, 0.1) is 6.04 Å². The van der Waals surface area contributed by atoms with Crippen LogP contribution in [0, 0.1) is 19.3 Å². The van der Waals surface area contributed by atoms with Crippen LogP contribution in [0.5, 0.6) is 0 Å². The third-order valence-corrected chi connectivity index (χ3v) is 6.56. The summed E-state index contributed by atoms with van der Waals surface area (Å²) in [4.78, 5) is 12.7. The van der Waals surface area contributed by atoms with Crippen molar-refractivity contribution >= 4 is 6.03 Å². The fraction of sp³-hybridized carbons (Fsp3) is 0.458. The summed E-state index contributed by atoms with van der Waals surface area (Å²) in [7, 11) is 0. The summed E-state index contributed by atoms with van der Waals surface area (Å²) in [6.07, 6.45) is 3.86. The summed E-state index contributed by atoms with van der Waals surface area (Å²) in [5.74, 6) is 0. The van der Waals surface area contributed by atoms with Crippen molar-refractivity contribution in [3.63, 3.8) is 0 Å². The van der Waals surface area contributed by atoms with E-state index in [1.165, 1.54) is 27.8 Å². The number of ether oxygens (including phenoxy) is 1. The van der Waals surface area contributed by atoms with E-state index in [2.05, 4.69) is 66.9 Å². The first-order valence-electron chi connectivity index (χ1n) is 10.3. The highest BCUT2D eigenvalue weighted by Crippen LogP contribution is 2.51. The SMILES string of the molecule is Cc1ccc(CCNC(=O)NC2c3ccccc3CC23CCOCC3)cc1C. The van der Waals surface area contributed by atoms with Crippen molar-refractivity contribution in [3.8, 4) is 0 Å². The van der Waals surface area contributed by atoms with Crippen LogP contribution < -0.4 is 10.6 Å². The zero-order valence-corrected chi connectivity index (χ0v) is 16.9. The molecule has 0 bridgehead atoms. The number of rotatable bonds is 4. The van der Waals surface area contributed by atoms with Gasteiger partial charge in [0.1, 0.15) is 0 Å². The number of fused-ring (bicyclic) bond motifs is 1. The van der Waals surface area contributed by atoms with Gasteiger partial charge in [-0.15, -0.1) is 0 Å². The molecule has 1 atom stereocenters. The Morgan fingerprint density at radius 3 is 2.68 bits per heavy atom. The van der Waals surface area contributed by atoms with Gasteiger partial charge in [0.2, 0.25) is 0 Å². The van der Waals surface area contributed by atoms with Crippen LogP contribution in [0.4, 0.5) is 4.79 Å². The van der Waals surface area contributed by atoms with E-state index in [-0.39, 0.29) is 17.5 Å². The molecule has 2 N–H and O–H groups in total. The minimum absolute atomic E-state index is 0.0641. The van der Waals surface area contributed by atoms with E-state index in [1.807, 2.05) is 0 Å². The number of carbonyl (C=O) groups is 1. The Morgan fingerprint density at radius 2 is 1.89 bits per heavy atom. The van der Waals surface area contributed by atoms with E-state index >= 15 is 0 Å². The maximum Gasteiger partial charge on any atom is 0.315 e. The lowest BCUT2D eigenvalue weighted by Crippen LogP contribution is -2.46. The van der Waals surface area contributed by atoms with Crippen LogP contribution in [0.2, 0.25) is 0 Å². The molecule has 1 fully saturated rings. The summed E-state index contributed by atoms with van der Waals surface area (Å²) >= 11 is 0. The van der Waals surface area contributed by atoms with Crippen LogP contribution in [-0.4, -0.2) is 25.8 Å². The average Bonchev–Trinajstić information content (AvgIpc) is 2.98. The molecule has 0 saturated carbocycles. The normalized spacial score (nSPS) is 20.0. The van der Waals surface area contributed by atoms with Gasteiger partial charge in [-0.2, -0.15) is 0 Å². The maximum atomic E-state index is 12.7. The number of aryl methyl sites for hydroxylation is 2. The predicted octanol–water partition coefficient (Wildman–Crippen LogP) is 4.24. The highest BCUT2D eigenvalue weighted by molar-refractivity contribution is 5.75. The number of hydrogen-bond acceptors (Lipinski definition) is 2. The van der Waals surface area contributed by atoms with E-state index < -0.39 is 0 Å².